The zero-order chi connectivity index (χ0) is 18.5. The maximum absolute atomic E-state index is 12.5. The molecule has 2 aromatic rings. The first-order valence-electron chi connectivity index (χ1n) is 8.37. The minimum atomic E-state index is -1.00. The van der Waals surface area contributed by atoms with Gasteiger partial charge in [-0.25, -0.2) is 0 Å². The second-order valence-corrected chi connectivity index (χ2v) is 6.30. The Balaban J connectivity index is 1.68. The number of piperidine rings is 1. The van der Waals surface area contributed by atoms with Crippen LogP contribution >= 0.6 is 0 Å². The van der Waals surface area contributed by atoms with Gasteiger partial charge in [0.25, 0.3) is 5.91 Å². The van der Waals surface area contributed by atoms with Crippen molar-refractivity contribution in [3.8, 4) is 0 Å². The number of pyridine rings is 1. The summed E-state index contributed by atoms with van der Waals surface area (Å²) < 4.78 is 0. The Kier molecular flexibility index (Phi) is 5.31. The molecule has 0 spiro atoms. The molecule has 3 heterocycles. The van der Waals surface area contributed by atoms with Crippen molar-refractivity contribution in [1.82, 2.24) is 20.2 Å². The third kappa shape index (κ3) is 4.08. The first-order chi connectivity index (χ1) is 12.5. The molecule has 136 valence electrons. The van der Waals surface area contributed by atoms with Gasteiger partial charge >= 0.3 is 5.97 Å². The standard InChI is InChI=1S/C18H20N4O4/c23-16(21-9-14-4-1-2-6-19-14)12-8-13(18(25)26)11-22(10-12)17(24)15-5-3-7-20-15/h1-7,12-13,20H,8-11H2,(H,21,23)(H,25,26)/t12-,13-/m0/s1. The molecule has 26 heavy (non-hydrogen) atoms. The van der Waals surface area contributed by atoms with Crippen LogP contribution in [0.3, 0.4) is 0 Å². The number of carboxylic acids is 1. The highest BCUT2D eigenvalue weighted by molar-refractivity contribution is 5.93. The molecule has 1 saturated heterocycles. The molecule has 2 amide bonds. The number of hydrogen-bond donors (Lipinski definition) is 3. The minimum absolute atomic E-state index is 0.0945. The lowest BCUT2D eigenvalue weighted by molar-refractivity contribution is -0.144. The fraction of sp³-hybridized carbons (Fsp3) is 0.333. The van der Waals surface area contributed by atoms with E-state index >= 15 is 0 Å². The molecule has 0 bridgehead atoms. The second-order valence-electron chi connectivity index (χ2n) is 6.30. The maximum Gasteiger partial charge on any atom is 0.308 e. The maximum atomic E-state index is 12.5. The molecule has 2 atom stereocenters. The van der Waals surface area contributed by atoms with Gasteiger partial charge in [-0.05, 0) is 30.7 Å². The molecule has 3 rings (SSSR count). The van der Waals surface area contributed by atoms with Crippen LogP contribution in [-0.2, 0) is 16.1 Å². The molecule has 0 aromatic carbocycles. The van der Waals surface area contributed by atoms with Crippen molar-refractivity contribution >= 4 is 17.8 Å². The van der Waals surface area contributed by atoms with Crippen molar-refractivity contribution < 1.29 is 19.5 Å². The average Bonchev–Trinajstić information content (AvgIpc) is 3.20. The summed E-state index contributed by atoms with van der Waals surface area (Å²) in [6, 6.07) is 8.73. The van der Waals surface area contributed by atoms with E-state index in [0.29, 0.717) is 11.4 Å². The van der Waals surface area contributed by atoms with E-state index < -0.39 is 17.8 Å². The summed E-state index contributed by atoms with van der Waals surface area (Å²) in [7, 11) is 0. The number of aromatic amines is 1. The number of aliphatic carboxylic acids is 1. The zero-order valence-corrected chi connectivity index (χ0v) is 14.1. The van der Waals surface area contributed by atoms with Crippen LogP contribution in [-0.4, -0.2) is 50.8 Å². The van der Waals surface area contributed by atoms with Gasteiger partial charge in [-0.2, -0.15) is 0 Å². The quantitative estimate of drug-likeness (QED) is 0.736. The number of hydrogen-bond acceptors (Lipinski definition) is 4. The number of rotatable bonds is 5. The number of amides is 2. The van der Waals surface area contributed by atoms with E-state index in [-0.39, 0.29) is 37.9 Å². The molecule has 1 fully saturated rings. The Hall–Kier alpha value is -3.16. The topological polar surface area (TPSA) is 115 Å². The van der Waals surface area contributed by atoms with Gasteiger partial charge in [0, 0.05) is 25.5 Å². The average molecular weight is 356 g/mol. The smallest absolute Gasteiger partial charge is 0.308 e. The third-order valence-corrected chi connectivity index (χ3v) is 4.46. The van der Waals surface area contributed by atoms with Gasteiger partial charge in [-0.1, -0.05) is 6.07 Å². The number of likely N-dealkylation sites (tertiary alicyclic amines) is 1. The van der Waals surface area contributed by atoms with Gasteiger partial charge in [0.1, 0.15) is 5.69 Å². The van der Waals surface area contributed by atoms with Crippen LogP contribution in [0.25, 0.3) is 0 Å². The van der Waals surface area contributed by atoms with Gasteiger partial charge in [-0.15, -0.1) is 0 Å². The van der Waals surface area contributed by atoms with Crippen LogP contribution in [0.2, 0.25) is 0 Å². The fourth-order valence-corrected chi connectivity index (χ4v) is 3.09. The van der Waals surface area contributed by atoms with E-state index in [1.165, 1.54) is 4.90 Å². The van der Waals surface area contributed by atoms with E-state index in [1.807, 2.05) is 6.07 Å². The van der Waals surface area contributed by atoms with E-state index in [0.717, 1.165) is 0 Å². The Morgan fingerprint density at radius 3 is 2.65 bits per heavy atom. The molecule has 0 radical (unpaired) electrons. The van der Waals surface area contributed by atoms with Crippen LogP contribution in [0.5, 0.6) is 0 Å². The summed E-state index contributed by atoms with van der Waals surface area (Å²) in [4.78, 5) is 44.9. The summed E-state index contributed by atoms with van der Waals surface area (Å²) in [5.74, 6) is -2.92. The third-order valence-electron chi connectivity index (χ3n) is 4.46. The Morgan fingerprint density at radius 2 is 2.00 bits per heavy atom. The molecule has 2 aromatic heterocycles. The number of carboxylic acid groups (broad SMARTS) is 1. The van der Waals surface area contributed by atoms with Crippen LogP contribution < -0.4 is 5.32 Å². The first-order valence-corrected chi connectivity index (χ1v) is 8.37. The summed E-state index contributed by atoms with van der Waals surface area (Å²) in [6.07, 6.45) is 3.47. The SMILES string of the molecule is O=C(O)[C@H]1C[C@H](C(=O)NCc2ccccn2)CN(C(=O)c2ccc[nH]2)C1. The molecule has 8 heteroatoms. The summed E-state index contributed by atoms with van der Waals surface area (Å²) in [6.45, 7) is 0.547. The molecule has 3 N–H and O–H groups in total. The lowest BCUT2D eigenvalue weighted by Crippen LogP contribution is -2.50. The highest BCUT2D eigenvalue weighted by Gasteiger charge is 2.37. The van der Waals surface area contributed by atoms with Crippen molar-refractivity contribution in [1.29, 1.82) is 0 Å². The Morgan fingerprint density at radius 1 is 1.19 bits per heavy atom. The number of nitrogens with zero attached hydrogens (tertiary/aromatic N) is 2. The molecule has 0 unspecified atom stereocenters. The number of nitrogens with one attached hydrogen (secondary N) is 2. The molecule has 1 aliphatic heterocycles. The molecular weight excluding hydrogens is 336 g/mol. The minimum Gasteiger partial charge on any atom is -0.481 e. The van der Waals surface area contributed by atoms with Crippen LogP contribution in [0.1, 0.15) is 22.6 Å². The Labute approximate surface area is 150 Å². The van der Waals surface area contributed by atoms with Crippen LogP contribution in [0, 0.1) is 11.8 Å². The molecule has 8 nitrogen and oxygen atoms in total. The normalized spacial score (nSPS) is 19.8. The zero-order valence-electron chi connectivity index (χ0n) is 14.1. The predicted octanol–water partition coefficient (Wildman–Crippen LogP) is 0.889. The van der Waals surface area contributed by atoms with E-state index in [4.69, 9.17) is 0 Å². The van der Waals surface area contributed by atoms with E-state index in [2.05, 4.69) is 15.3 Å². The van der Waals surface area contributed by atoms with Crippen LogP contribution in [0.15, 0.2) is 42.7 Å². The number of H-pyrrole nitrogens is 1. The van der Waals surface area contributed by atoms with Crippen molar-refractivity contribution in [2.24, 2.45) is 11.8 Å². The van der Waals surface area contributed by atoms with Crippen molar-refractivity contribution in [3.63, 3.8) is 0 Å². The molecule has 1 aliphatic rings. The van der Waals surface area contributed by atoms with Crippen molar-refractivity contribution in [2.45, 2.75) is 13.0 Å². The summed E-state index contributed by atoms with van der Waals surface area (Å²) in [5.41, 5.74) is 1.09. The first kappa shape index (κ1) is 17.7. The van der Waals surface area contributed by atoms with Crippen molar-refractivity contribution in [3.05, 3.63) is 54.1 Å². The number of carbonyl (C=O) groups is 3. The van der Waals surface area contributed by atoms with E-state index in [1.54, 1.807) is 36.7 Å². The van der Waals surface area contributed by atoms with Gasteiger partial charge in [-0.3, -0.25) is 19.4 Å². The van der Waals surface area contributed by atoms with Gasteiger partial charge in [0.05, 0.1) is 24.1 Å². The predicted molar refractivity (Wildman–Crippen MR) is 92.0 cm³/mol. The molecule has 0 saturated carbocycles. The second kappa shape index (κ2) is 7.81. The monoisotopic (exact) mass is 356 g/mol. The van der Waals surface area contributed by atoms with Crippen molar-refractivity contribution in [2.75, 3.05) is 13.1 Å². The largest absolute Gasteiger partial charge is 0.481 e. The molecule has 0 aliphatic carbocycles. The number of aromatic nitrogens is 2. The summed E-state index contributed by atoms with van der Waals surface area (Å²) in [5, 5.41) is 12.2. The van der Waals surface area contributed by atoms with Gasteiger partial charge in [0.2, 0.25) is 5.91 Å². The molecular formula is C18H20N4O4. The lowest BCUT2D eigenvalue weighted by Gasteiger charge is -2.35. The highest BCUT2D eigenvalue weighted by atomic mass is 16.4. The lowest BCUT2D eigenvalue weighted by atomic mass is 9.88. The van der Waals surface area contributed by atoms with Crippen LogP contribution in [0.4, 0.5) is 0 Å². The Bertz CT molecular complexity index is 776. The number of carbonyl (C=O) groups excluding carboxylic acids is 2. The fourth-order valence-electron chi connectivity index (χ4n) is 3.09. The summed E-state index contributed by atoms with van der Waals surface area (Å²) >= 11 is 0. The van der Waals surface area contributed by atoms with Gasteiger partial charge < -0.3 is 20.3 Å². The van der Waals surface area contributed by atoms with Gasteiger partial charge in [0.15, 0.2) is 0 Å². The highest BCUT2D eigenvalue weighted by Crippen LogP contribution is 2.24. The van der Waals surface area contributed by atoms with E-state index in [9.17, 15) is 19.5 Å².